The molecule has 0 radical (unpaired) electrons. The quantitative estimate of drug-likeness (QED) is 0.113. The topological polar surface area (TPSA) is 6.48 Å². The fourth-order valence-corrected chi connectivity index (χ4v) is 7.82. The van der Waals surface area contributed by atoms with Gasteiger partial charge in [0.2, 0.25) is 0 Å². The van der Waals surface area contributed by atoms with Crippen molar-refractivity contribution >= 4 is 70.6 Å². The molecule has 0 unspecified atom stereocenters. The van der Waals surface area contributed by atoms with Crippen LogP contribution in [-0.2, 0) is 10.8 Å². The standard InChI is InChI=1S/C62H58N2/c1-61(2,3)53-37-29-47(30-38-53)23-25-49-33-41-57(42-34-49)63(55-17-9-7-10-18-55)59-21-13-15-51(45-59)27-28-52-16-14-22-60(46-52)64(56-19-11-8-12-20-56)58-43-35-50(36-44-58)26-24-48-31-39-54(40-32-48)62(4,5)6/h7-46H,1-6H3/b25-23+,26-24?,28-27+. The van der Waals surface area contributed by atoms with Crippen molar-refractivity contribution in [3.05, 3.63) is 251 Å². The first kappa shape index (κ1) is 43.2. The lowest BCUT2D eigenvalue weighted by Gasteiger charge is -2.26. The van der Waals surface area contributed by atoms with Crippen LogP contribution < -0.4 is 9.80 Å². The van der Waals surface area contributed by atoms with Crippen LogP contribution in [0.25, 0.3) is 36.5 Å². The van der Waals surface area contributed by atoms with Gasteiger partial charge in [-0.3, -0.25) is 0 Å². The van der Waals surface area contributed by atoms with E-state index in [1.54, 1.807) is 0 Å². The molecule has 0 atom stereocenters. The third kappa shape index (κ3) is 11.0. The minimum Gasteiger partial charge on any atom is -0.310 e. The first-order valence-electron chi connectivity index (χ1n) is 22.3. The normalized spacial score (nSPS) is 12.0. The maximum Gasteiger partial charge on any atom is 0.0467 e. The average molecular weight is 831 g/mol. The fraction of sp³-hybridized carbons (Fsp3) is 0.129. The molecule has 64 heavy (non-hydrogen) atoms. The van der Waals surface area contributed by atoms with Gasteiger partial charge >= 0.3 is 0 Å². The number of nitrogens with zero attached hydrogens (tertiary/aromatic N) is 2. The van der Waals surface area contributed by atoms with Crippen LogP contribution in [-0.4, -0.2) is 0 Å². The summed E-state index contributed by atoms with van der Waals surface area (Å²) in [4.78, 5) is 4.64. The van der Waals surface area contributed by atoms with Crippen molar-refractivity contribution in [2.45, 2.75) is 52.4 Å². The first-order valence-corrected chi connectivity index (χ1v) is 22.3. The Morgan fingerprint density at radius 2 is 0.516 bits per heavy atom. The monoisotopic (exact) mass is 830 g/mol. The van der Waals surface area contributed by atoms with E-state index in [2.05, 4.69) is 294 Å². The summed E-state index contributed by atoms with van der Waals surface area (Å²) in [6.07, 6.45) is 13.2. The zero-order valence-electron chi connectivity index (χ0n) is 38.0. The first-order chi connectivity index (χ1) is 31.0. The molecule has 0 spiro atoms. The van der Waals surface area contributed by atoms with Crippen LogP contribution in [0.15, 0.2) is 206 Å². The molecule has 0 N–H and O–H groups in total. The zero-order chi connectivity index (χ0) is 44.5. The number of hydrogen-bond donors (Lipinski definition) is 0. The third-order valence-electron chi connectivity index (χ3n) is 11.5. The van der Waals surface area contributed by atoms with Crippen molar-refractivity contribution < 1.29 is 0 Å². The van der Waals surface area contributed by atoms with E-state index in [9.17, 15) is 0 Å². The van der Waals surface area contributed by atoms with Crippen molar-refractivity contribution in [2.24, 2.45) is 0 Å². The van der Waals surface area contributed by atoms with Crippen LogP contribution >= 0.6 is 0 Å². The second kappa shape index (κ2) is 19.3. The van der Waals surface area contributed by atoms with Gasteiger partial charge in [-0.05, 0) is 128 Å². The molecule has 0 fully saturated rings. The molecule has 0 aliphatic heterocycles. The van der Waals surface area contributed by atoms with E-state index in [0.29, 0.717) is 0 Å². The summed E-state index contributed by atoms with van der Waals surface area (Å²) in [5, 5.41) is 0. The van der Waals surface area contributed by atoms with E-state index in [4.69, 9.17) is 0 Å². The summed E-state index contributed by atoms with van der Waals surface area (Å²) in [6, 6.07) is 74.0. The van der Waals surface area contributed by atoms with Crippen molar-refractivity contribution in [2.75, 3.05) is 9.80 Å². The Labute approximate surface area is 381 Å². The van der Waals surface area contributed by atoms with Crippen LogP contribution in [0, 0.1) is 0 Å². The Morgan fingerprint density at radius 1 is 0.250 bits per heavy atom. The minimum atomic E-state index is 0.143. The molecule has 0 aliphatic carbocycles. The lowest BCUT2D eigenvalue weighted by molar-refractivity contribution is 0.590. The van der Waals surface area contributed by atoms with Crippen LogP contribution in [0.3, 0.4) is 0 Å². The van der Waals surface area contributed by atoms with Gasteiger partial charge in [0.1, 0.15) is 0 Å². The highest BCUT2D eigenvalue weighted by Gasteiger charge is 2.16. The van der Waals surface area contributed by atoms with E-state index < -0.39 is 0 Å². The summed E-state index contributed by atoms with van der Waals surface area (Å²) in [7, 11) is 0. The second-order valence-corrected chi connectivity index (χ2v) is 18.5. The molecule has 2 heteroatoms. The van der Waals surface area contributed by atoms with Gasteiger partial charge in [0.25, 0.3) is 0 Å². The molecule has 0 saturated carbocycles. The zero-order valence-corrected chi connectivity index (χ0v) is 38.0. The molecule has 0 heterocycles. The number of benzene rings is 8. The largest absolute Gasteiger partial charge is 0.310 e. The predicted octanol–water partition coefficient (Wildman–Crippen LogP) is 17.7. The van der Waals surface area contributed by atoms with Crippen LogP contribution in [0.4, 0.5) is 34.1 Å². The Morgan fingerprint density at radius 3 is 0.828 bits per heavy atom. The van der Waals surface area contributed by atoms with E-state index in [1.807, 2.05) is 0 Å². The second-order valence-electron chi connectivity index (χ2n) is 18.5. The van der Waals surface area contributed by atoms with Gasteiger partial charge < -0.3 is 9.80 Å². The molecule has 8 aromatic carbocycles. The molecule has 2 nitrogen and oxygen atoms in total. The van der Waals surface area contributed by atoms with Gasteiger partial charge in [-0.25, -0.2) is 0 Å². The highest BCUT2D eigenvalue weighted by molar-refractivity contribution is 5.83. The maximum atomic E-state index is 2.32. The predicted molar refractivity (Wildman–Crippen MR) is 279 cm³/mol. The molecule has 8 rings (SSSR count). The fourth-order valence-electron chi connectivity index (χ4n) is 7.82. The van der Waals surface area contributed by atoms with Crippen LogP contribution in [0.5, 0.6) is 0 Å². The summed E-state index contributed by atoms with van der Waals surface area (Å²) in [5.74, 6) is 0. The summed E-state index contributed by atoms with van der Waals surface area (Å²) in [5.41, 5.74) is 16.5. The third-order valence-corrected chi connectivity index (χ3v) is 11.5. The Bertz CT molecular complexity index is 2630. The molecule has 8 aromatic rings. The van der Waals surface area contributed by atoms with Gasteiger partial charge in [0.05, 0.1) is 0 Å². The van der Waals surface area contributed by atoms with Gasteiger partial charge in [0, 0.05) is 34.1 Å². The molecule has 0 saturated heterocycles. The highest BCUT2D eigenvalue weighted by Crippen LogP contribution is 2.37. The number of para-hydroxylation sites is 2. The Hall–Kier alpha value is -7.42. The lowest BCUT2D eigenvalue weighted by Crippen LogP contribution is -2.10. The number of hydrogen-bond acceptors (Lipinski definition) is 2. The Kier molecular flexibility index (Phi) is 13.1. The van der Waals surface area contributed by atoms with Gasteiger partial charge in [-0.2, -0.15) is 0 Å². The van der Waals surface area contributed by atoms with Crippen molar-refractivity contribution in [1.82, 2.24) is 0 Å². The molecule has 0 aliphatic rings. The van der Waals surface area contributed by atoms with Crippen molar-refractivity contribution in [3.8, 4) is 0 Å². The van der Waals surface area contributed by atoms with E-state index in [1.165, 1.54) is 22.3 Å². The summed E-state index contributed by atoms with van der Waals surface area (Å²) >= 11 is 0. The van der Waals surface area contributed by atoms with Crippen molar-refractivity contribution in [1.29, 1.82) is 0 Å². The molecule has 316 valence electrons. The van der Waals surface area contributed by atoms with Gasteiger partial charge in [-0.15, -0.1) is 0 Å². The van der Waals surface area contributed by atoms with Crippen LogP contribution in [0.2, 0.25) is 0 Å². The molecular formula is C62H58N2. The number of rotatable bonds is 12. The average Bonchev–Trinajstić information content (AvgIpc) is 3.31. The SMILES string of the molecule is CC(C)(C)c1ccc(C=Cc2ccc(N(c3ccccc3)c3cccc(/C=C/c4cccc(N(c5ccccc5)c5ccc(/C=C/c6ccc(C(C)(C)C)cc6)cc5)c4)c3)cc2)cc1. The molecule has 0 aromatic heterocycles. The molecular weight excluding hydrogens is 773 g/mol. The maximum absolute atomic E-state index is 2.32. The van der Waals surface area contributed by atoms with E-state index >= 15 is 0 Å². The van der Waals surface area contributed by atoms with E-state index in [-0.39, 0.29) is 10.8 Å². The molecule has 0 bridgehead atoms. The van der Waals surface area contributed by atoms with E-state index in [0.717, 1.165) is 56.4 Å². The molecule has 0 amide bonds. The summed E-state index contributed by atoms with van der Waals surface area (Å²) < 4.78 is 0. The minimum absolute atomic E-state index is 0.143. The van der Waals surface area contributed by atoms with Crippen molar-refractivity contribution in [3.63, 3.8) is 0 Å². The Balaban J connectivity index is 1.02. The smallest absolute Gasteiger partial charge is 0.0467 e. The van der Waals surface area contributed by atoms with Gasteiger partial charge in [-0.1, -0.05) is 211 Å². The lowest BCUT2D eigenvalue weighted by atomic mass is 9.87. The summed E-state index contributed by atoms with van der Waals surface area (Å²) in [6.45, 7) is 13.5. The van der Waals surface area contributed by atoms with Crippen LogP contribution in [0.1, 0.15) is 86.1 Å². The van der Waals surface area contributed by atoms with Gasteiger partial charge in [0.15, 0.2) is 0 Å². The number of anilines is 6. The highest BCUT2D eigenvalue weighted by atomic mass is 15.1.